The van der Waals surface area contributed by atoms with Crippen molar-refractivity contribution in [2.75, 3.05) is 17.9 Å². The van der Waals surface area contributed by atoms with Crippen LogP contribution in [0.25, 0.3) is 0 Å². The van der Waals surface area contributed by atoms with Gasteiger partial charge in [-0.15, -0.1) is 11.3 Å². The number of hydrogen-bond acceptors (Lipinski definition) is 4. The van der Waals surface area contributed by atoms with Crippen LogP contribution in [0.3, 0.4) is 0 Å². The number of nitrogens with zero attached hydrogens (tertiary/aromatic N) is 1. The first-order valence-corrected chi connectivity index (χ1v) is 9.13. The Morgan fingerprint density at radius 2 is 1.86 bits per heavy atom. The first kappa shape index (κ1) is 16.0. The summed E-state index contributed by atoms with van der Waals surface area (Å²) in [5.41, 5.74) is 1.81. The molecular formula is C15H20N2O2S2. The van der Waals surface area contributed by atoms with E-state index in [9.17, 15) is 8.42 Å². The van der Waals surface area contributed by atoms with Crippen LogP contribution in [-0.4, -0.2) is 22.0 Å². The molecule has 1 heterocycles. The maximum atomic E-state index is 12.9. The molecule has 0 aliphatic carbocycles. The maximum absolute atomic E-state index is 12.9. The second-order valence-corrected chi connectivity index (χ2v) is 7.58. The third-order valence-corrected chi connectivity index (χ3v) is 6.26. The fraction of sp³-hybridized carbons (Fsp3) is 0.333. The minimum absolute atomic E-state index is 0.393. The number of benzene rings is 1. The van der Waals surface area contributed by atoms with Crippen molar-refractivity contribution in [1.82, 2.24) is 5.32 Å². The summed E-state index contributed by atoms with van der Waals surface area (Å²) in [6.45, 7) is 4.79. The number of anilines is 1. The van der Waals surface area contributed by atoms with Gasteiger partial charge in [0, 0.05) is 18.0 Å². The lowest BCUT2D eigenvalue weighted by atomic mass is 10.2. The highest BCUT2D eigenvalue weighted by atomic mass is 32.2. The summed E-state index contributed by atoms with van der Waals surface area (Å²) in [6, 6.07) is 9.23. The van der Waals surface area contributed by atoms with Gasteiger partial charge in [0.1, 0.15) is 4.90 Å². The molecule has 0 spiro atoms. The SMILES string of the molecule is CCN(c1ccc(C)cc1)S(=O)(=O)c1ccsc1CNC. The summed E-state index contributed by atoms with van der Waals surface area (Å²) in [5.74, 6) is 0. The van der Waals surface area contributed by atoms with Crippen molar-refractivity contribution < 1.29 is 8.42 Å². The van der Waals surface area contributed by atoms with E-state index in [1.165, 1.54) is 15.6 Å². The molecule has 0 amide bonds. The molecule has 0 fully saturated rings. The van der Waals surface area contributed by atoms with Gasteiger partial charge in [-0.1, -0.05) is 17.7 Å². The molecule has 0 aliphatic rings. The standard InChI is InChI=1S/C15H20N2O2S2/c1-4-17(13-7-5-12(2)6-8-13)21(18,19)15-9-10-20-14(15)11-16-3/h5-10,16H,4,11H2,1-3H3. The molecule has 0 saturated heterocycles. The largest absolute Gasteiger partial charge is 0.315 e. The second kappa shape index (κ2) is 6.60. The number of hydrogen-bond donors (Lipinski definition) is 1. The monoisotopic (exact) mass is 324 g/mol. The summed E-state index contributed by atoms with van der Waals surface area (Å²) in [4.78, 5) is 1.23. The van der Waals surface area contributed by atoms with Gasteiger partial charge in [-0.05, 0) is 44.5 Å². The maximum Gasteiger partial charge on any atom is 0.265 e. The first-order chi connectivity index (χ1) is 10.0. The molecule has 0 radical (unpaired) electrons. The molecule has 4 nitrogen and oxygen atoms in total. The summed E-state index contributed by atoms with van der Waals surface area (Å²) < 4.78 is 27.3. The van der Waals surface area contributed by atoms with Crippen LogP contribution < -0.4 is 9.62 Å². The Morgan fingerprint density at radius 3 is 2.43 bits per heavy atom. The van der Waals surface area contributed by atoms with Crippen molar-refractivity contribution in [3.05, 3.63) is 46.2 Å². The number of sulfonamides is 1. The molecule has 0 bridgehead atoms. The Labute approximate surface area is 130 Å². The van der Waals surface area contributed by atoms with E-state index in [0.717, 1.165) is 10.4 Å². The number of thiophene rings is 1. The molecule has 0 saturated carbocycles. The van der Waals surface area contributed by atoms with E-state index in [1.54, 1.807) is 6.07 Å². The highest BCUT2D eigenvalue weighted by Gasteiger charge is 2.26. The predicted octanol–water partition coefficient (Wildman–Crippen LogP) is 2.99. The Morgan fingerprint density at radius 1 is 1.19 bits per heavy atom. The number of nitrogens with one attached hydrogen (secondary N) is 1. The van der Waals surface area contributed by atoms with E-state index in [1.807, 2.05) is 50.5 Å². The van der Waals surface area contributed by atoms with Crippen molar-refractivity contribution >= 4 is 27.0 Å². The highest BCUT2D eigenvalue weighted by molar-refractivity contribution is 7.93. The van der Waals surface area contributed by atoms with Crippen LogP contribution in [0.4, 0.5) is 5.69 Å². The van der Waals surface area contributed by atoms with Crippen molar-refractivity contribution in [2.24, 2.45) is 0 Å². The smallest absolute Gasteiger partial charge is 0.265 e. The molecule has 2 aromatic rings. The number of aryl methyl sites for hydroxylation is 1. The van der Waals surface area contributed by atoms with Crippen LogP contribution in [0, 0.1) is 6.92 Å². The molecule has 0 unspecified atom stereocenters. The summed E-state index contributed by atoms with van der Waals surface area (Å²) in [5, 5.41) is 4.84. The van der Waals surface area contributed by atoms with E-state index >= 15 is 0 Å². The van der Waals surface area contributed by atoms with Gasteiger partial charge in [0.05, 0.1) is 5.69 Å². The quantitative estimate of drug-likeness (QED) is 0.888. The number of rotatable bonds is 6. The normalized spacial score (nSPS) is 11.6. The average Bonchev–Trinajstić information content (AvgIpc) is 2.91. The zero-order chi connectivity index (χ0) is 15.5. The van der Waals surface area contributed by atoms with Gasteiger partial charge in [0.2, 0.25) is 0 Å². The average molecular weight is 324 g/mol. The first-order valence-electron chi connectivity index (χ1n) is 6.81. The van der Waals surface area contributed by atoms with Gasteiger partial charge in [-0.2, -0.15) is 0 Å². The molecule has 1 aromatic heterocycles. The van der Waals surface area contributed by atoms with Gasteiger partial charge in [0.15, 0.2) is 0 Å². The molecule has 114 valence electrons. The van der Waals surface area contributed by atoms with Gasteiger partial charge in [-0.3, -0.25) is 4.31 Å². The predicted molar refractivity (Wildman–Crippen MR) is 88.5 cm³/mol. The zero-order valence-electron chi connectivity index (χ0n) is 12.5. The van der Waals surface area contributed by atoms with Gasteiger partial charge in [-0.25, -0.2) is 8.42 Å². The lowest BCUT2D eigenvalue weighted by molar-refractivity contribution is 0.590. The molecule has 1 aromatic carbocycles. The Kier molecular flexibility index (Phi) is 5.03. The van der Waals surface area contributed by atoms with E-state index in [0.29, 0.717) is 23.7 Å². The zero-order valence-corrected chi connectivity index (χ0v) is 14.1. The lowest BCUT2D eigenvalue weighted by Gasteiger charge is -2.23. The van der Waals surface area contributed by atoms with Gasteiger partial charge in [0.25, 0.3) is 10.0 Å². The minimum Gasteiger partial charge on any atom is -0.315 e. The molecule has 0 atom stereocenters. The van der Waals surface area contributed by atoms with Crippen molar-refractivity contribution in [1.29, 1.82) is 0 Å². The topological polar surface area (TPSA) is 49.4 Å². The van der Waals surface area contributed by atoms with Gasteiger partial charge >= 0.3 is 0 Å². The lowest BCUT2D eigenvalue weighted by Crippen LogP contribution is -2.31. The Bertz CT molecular complexity index is 691. The molecule has 1 N–H and O–H groups in total. The van der Waals surface area contributed by atoms with E-state index < -0.39 is 10.0 Å². The third-order valence-electron chi connectivity index (χ3n) is 3.22. The Hall–Kier alpha value is -1.37. The second-order valence-electron chi connectivity index (χ2n) is 4.74. The fourth-order valence-corrected chi connectivity index (χ4v) is 5.07. The van der Waals surface area contributed by atoms with Crippen LogP contribution in [-0.2, 0) is 16.6 Å². The van der Waals surface area contributed by atoms with Crippen LogP contribution in [0.15, 0.2) is 40.6 Å². The van der Waals surface area contributed by atoms with Gasteiger partial charge < -0.3 is 5.32 Å². The molecule has 2 rings (SSSR count). The van der Waals surface area contributed by atoms with Crippen LogP contribution in [0.1, 0.15) is 17.4 Å². The summed E-state index contributed by atoms with van der Waals surface area (Å²) in [6.07, 6.45) is 0. The molecule has 0 aliphatic heterocycles. The summed E-state index contributed by atoms with van der Waals surface area (Å²) >= 11 is 1.46. The fourth-order valence-electron chi connectivity index (χ4n) is 2.17. The highest BCUT2D eigenvalue weighted by Crippen LogP contribution is 2.28. The van der Waals surface area contributed by atoms with Crippen LogP contribution in [0.2, 0.25) is 0 Å². The van der Waals surface area contributed by atoms with E-state index in [-0.39, 0.29) is 0 Å². The third kappa shape index (κ3) is 3.28. The van der Waals surface area contributed by atoms with Crippen molar-refractivity contribution in [3.8, 4) is 0 Å². The van der Waals surface area contributed by atoms with Crippen LogP contribution in [0.5, 0.6) is 0 Å². The van der Waals surface area contributed by atoms with Crippen molar-refractivity contribution in [2.45, 2.75) is 25.3 Å². The summed E-state index contributed by atoms with van der Waals surface area (Å²) in [7, 11) is -1.71. The van der Waals surface area contributed by atoms with Crippen molar-refractivity contribution in [3.63, 3.8) is 0 Å². The minimum atomic E-state index is -3.52. The van der Waals surface area contributed by atoms with E-state index in [2.05, 4.69) is 5.32 Å². The Balaban J connectivity index is 2.44. The molecule has 21 heavy (non-hydrogen) atoms. The van der Waals surface area contributed by atoms with E-state index in [4.69, 9.17) is 0 Å². The molecular weight excluding hydrogens is 304 g/mol. The molecule has 6 heteroatoms. The van der Waals surface area contributed by atoms with Crippen LogP contribution >= 0.6 is 11.3 Å².